The molecule has 1 N–H and O–H groups in total. The molecule has 3 nitrogen and oxygen atoms in total. The maximum Gasteiger partial charge on any atom is 0.431 e. The summed E-state index contributed by atoms with van der Waals surface area (Å²) in [5.74, 6) is -2.27. The van der Waals surface area contributed by atoms with Gasteiger partial charge in [-0.1, -0.05) is 0 Å². The van der Waals surface area contributed by atoms with E-state index in [4.69, 9.17) is 0 Å². The molecule has 20 heavy (non-hydrogen) atoms. The normalized spacial score (nSPS) is 11.7. The molecule has 0 unspecified atom stereocenters. The van der Waals surface area contributed by atoms with E-state index in [1.54, 1.807) is 0 Å². The quantitative estimate of drug-likeness (QED) is 0.629. The average Bonchev–Trinajstić information content (AvgIpc) is 2.33. The fourth-order valence-corrected chi connectivity index (χ4v) is 1.83. The first kappa shape index (κ1) is 14.6. The molecule has 1 aromatic heterocycles. The summed E-state index contributed by atoms with van der Waals surface area (Å²) < 4.78 is 64.9. The molecule has 0 spiro atoms. The number of alkyl halides is 3. The molecule has 0 fully saturated rings. The Hall–Kier alpha value is -1.77. The molecule has 1 heterocycles. The number of aromatic amines is 1. The molecular weight excluding hydrogens is 351 g/mol. The molecule has 106 valence electrons. The van der Waals surface area contributed by atoms with Crippen LogP contribution in [0, 0.1) is 11.6 Å². The number of halogens is 6. The van der Waals surface area contributed by atoms with E-state index in [1.807, 2.05) is 0 Å². The van der Waals surface area contributed by atoms with Crippen LogP contribution in [-0.2, 0) is 6.18 Å². The van der Waals surface area contributed by atoms with Crippen LogP contribution >= 0.6 is 15.9 Å². The number of nitrogens with zero attached hydrogens (tertiary/aromatic N) is 1. The van der Waals surface area contributed by atoms with E-state index in [-0.39, 0.29) is 4.47 Å². The molecule has 0 aliphatic carbocycles. The van der Waals surface area contributed by atoms with Gasteiger partial charge in [-0.15, -0.1) is 0 Å². The van der Waals surface area contributed by atoms with Gasteiger partial charge in [0.05, 0.1) is 15.7 Å². The van der Waals surface area contributed by atoms with E-state index < -0.39 is 40.5 Å². The Bertz CT molecular complexity index is 726. The summed E-state index contributed by atoms with van der Waals surface area (Å²) in [7, 11) is 0. The lowest BCUT2D eigenvalue weighted by molar-refractivity contribution is -0.141. The summed E-state index contributed by atoms with van der Waals surface area (Å²) in [4.78, 5) is 15.7. The number of hydrogen-bond acceptors (Lipinski definition) is 2. The number of hydrogen-bond donors (Lipinski definition) is 1. The largest absolute Gasteiger partial charge is 0.431 e. The van der Waals surface area contributed by atoms with Gasteiger partial charge in [-0.25, -0.2) is 13.6 Å². The topological polar surface area (TPSA) is 45.8 Å². The zero-order valence-corrected chi connectivity index (χ0v) is 10.9. The van der Waals surface area contributed by atoms with E-state index >= 15 is 0 Å². The summed E-state index contributed by atoms with van der Waals surface area (Å²) in [5.41, 5.74) is -4.34. The van der Waals surface area contributed by atoms with Gasteiger partial charge < -0.3 is 4.98 Å². The lowest BCUT2D eigenvalue weighted by atomic mass is 10.1. The molecule has 0 saturated heterocycles. The maximum atomic E-state index is 13.8. The number of aromatic nitrogens is 2. The van der Waals surface area contributed by atoms with Crippen LogP contribution in [0.3, 0.4) is 0 Å². The summed E-state index contributed by atoms with van der Waals surface area (Å²) in [6.45, 7) is 0. The minimum Gasteiger partial charge on any atom is -0.302 e. The first-order chi connectivity index (χ1) is 9.20. The fourth-order valence-electron chi connectivity index (χ4n) is 1.50. The molecule has 2 rings (SSSR count). The summed E-state index contributed by atoms with van der Waals surface area (Å²) in [5, 5.41) is 0. The van der Waals surface area contributed by atoms with Crippen LogP contribution in [0.1, 0.15) is 5.69 Å². The van der Waals surface area contributed by atoms with Gasteiger partial charge in [0.25, 0.3) is 0 Å². The van der Waals surface area contributed by atoms with Crippen molar-refractivity contribution in [3.05, 3.63) is 50.5 Å². The molecule has 9 heteroatoms. The minimum absolute atomic E-state index is 0.162. The molecule has 0 aliphatic heterocycles. The van der Waals surface area contributed by atoms with Gasteiger partial charge in [0, 0.05) is 0 Å². The van der Waals surface area contributed by atoms with Gasteiger partial charge >= 0.3 is 11.9 Å². The Morgan fingerprint density at radius 3 is 2.45 bits per heavy atom. The van der Waals surface area contributed by atoms with Crippen molar-refractivity contribution < 1.29 is 22.0 Å². The van der Waals surface area contributed by atoms with Crippen molar-refractivity contribution in [2.75, 3.05) is 0 Å². The third-order valence-corrected chi connectivity index (χ3v) is 2.96. The summed E-state index contributed by atoms with van der Waals surface area (Å²) in [6, 6.07) is 2.26. The average molecular weight is 355 g/mol. The van der Waals surface area contributed by atoms with Gasteiger partial charge in [0.15, 0.2) is 0 Å². The minimum atomic E-state index is -4.87. The second-order valence-corrected chi connectivity index (χ2v) is 4.56. The molecule has 0 atom stereocenters. The van der Waals surface area contributed by atoms with Crippen molar-refractivity contribution in [3.63, 3.8) is 0 Å². The summed E-state index contributed by atoms with van der Waals surface area (Å²) >= 11 is 2.78. The predicted octanol–water partition coefficient (Wildman–Crippen LogP) is 3.50. The van der Waals surface area contributed by atoms with Gasteiger partial charge in [-0.3, -0.25) is 0 Å². The van der Waals surface area contributed by atoms with E-state index in [0.29, 0.717) is 6.07 Å². The number of benzene rings is 1. The van der Waals surface area contributed by atoms with Crippen molar-refractivity contribution in [2.45, 2.75) is 6.18 Å². The zero-order valence-electron chi connectivity index (χ0n) is 9.36. The smallest absolute Gasteiger partial charge is 0.302 e. The molecule has 0 saturated carbocycles. The molecule has 2 aromatic rings. The third kappa shape index (κ3) is 2.72. The molecule has 0 amide bonds. The van der Waals surface area contributed by atoms with Crippen LogP contribution in [0.4, 0.5) is 22.0 Å². The van der Waals surface area contributed by atoms with Gasteiger partial charge in [0.1, 0.15) is 17.3 Å². The molecule has 0 radical (unpaired) electrons. The Morgan fingerprint density at radius 2 is 1.85 bits per heavy atom. The Kier molecular flexibility index (Phi) is 3.63. The second kappa shape index (κ2) is 4.97. The van der Waals surface area contributed by atoms with Gasteiger partial charge in [-0.05, 0) is 34.1 Å². The van der Waals surface area contributed by atoms with Crippen molar-refractivity contribution in [1.82, 2.24) is 9.97 Å². The van der Waals surface area contributed by atoms with E-state index in [0.717, 1.165) is 12.1 Å². The maximum absolute atomic E-state index is 13.8. The lowest BCUT2D eigenvalue weighted by Gasteiger charge is -2.09. The standard InChI is InChI=1S/C11H4BrF5N2O/c12-4-1-2-5(13)8(9(4)14)6-3-7(11(15,16)17)19-10(20)18-6/h1-3H,(H,18,19,20). The van der Waals surface area contributed by atoms with E-state index in [9.17, 15) is 26.7 Å². The van der Waals surface area contributed by atoms with Gasteiger partial charge in [-0.2, -0.15) is 18.2 Å². The Morgan fingerprint density at radius 1 is 1.20 bits per heavy atom. The number of H-pyrrole nitrogens is 1. The molecular formula is C11H4BrF5N2O. The van der Waals surface area contributed by atoms with Crippen molar-refractivity contribution in [3.8, 4) is 11.3 Å². The molecule has 1 aromatic carbocycles. The Labute approximate surface area is 116 Å². The van der Waals surface area contributed by atoms with Crippen LogP contribution in [-0.4, -0.2) is 9.97 Å². The zero-order chi connectivity index (χ0) is 15.1. The van der Waals surface area contributed by atoms with Crippen LogP contribution in [0.15, 0.2) is 27.5 Å². The highest BCUT2D eigenvalue weighted by Gasteiger charge is 2.33. The molecule has 0 bridgehead atoms. The monoisotopic (exact) mass is 354 g/mol. The van der Waals surface area contributed by atoms with Crippen molar-refractivity contribution in [1.29, 1.82) is 0 Å². The highest BCUT2D eigenvalue weighted by Crippen LogP contribution is 2.32. The summed E-state index contributed by atoms with van der Waals surface area (Å²) in [6.07, 6.45) is -4.87. The molecule has 0 aliphatic rings. The second-order valence-electron chi connectivity index (χ2n) is 3.70. The van der Waals surface area contributed by atoms with Crippen molar-refractivity contribution in [2.24, 2.45) is 0 Å². The van der Waals surface area contributed by atoms with Crippen LogP contribution in [0.25, 0.3) is 11.3 Å². The SMILES string of the molecule is O=c1nc(-c2c(F)ccc(Br)c2F)cc(C(F)(F)F)[nH]1. The Balaban J connectivity index is 2.75. The van der Waals surface area contributed by atoms with Crippen molar-refractivity contribution >= 4 is 15.9 Å². The lowest BCUT2D eigenvalue weighted by Crippen LogP contribution is -2.19. The first-order valence-corrected chi connectivity index (χ1v) is 5.82. The fraction of sp³-hybridized carbons (Fsp3) is 0.0909. The van der Waals surface area contributed by atoms with Crippen LogP contribution < -0.4 is 5.69 Å². The number of nitrogens with one attached hydrogen (secondary N) is 1. The van der Waals surface area contributed by atoms with E-state index in [2.05, 4.69) is 20.9 Å². The highest BCUT2D eigenvalue weighted by molar-refractivity contribution is 9.10. The first-order valence-electron chi connectivity index (χ1n) is 5.02. The van der Waals surface area contributed by atoms with Gasteiger partial charge in [0.2, 0.25) is 0 Å². The van der Waals surface area contributed by atoms with E-state index in [1.165, 1.54) is 4.98 Å². The predicted molar refractivity (Wildman–Crippen MR) is 62.9 cm³/mol. The third-order valence-electron chi connectivity index (χ3n) is 2.35. The van der Waals surface area contributed by atoms with Crippen LogP contribution in [0.2, 0.25) is 0 Å². The number of rotatable bonds is 1. The highest BCUT2D eigenvalue weighted by atomic mass is 79.9. The van der Waals surface area contributed by atoms with Crippen LogP contribution in [0.5, 0.6) is 0 Å².